The van der Waals surface area contributed by atoms with Crippen molar-refractivity contribution in [1.82, 2.24) is 0 Å². The molecule has 0 saturated heterocycles. The molecule has 3 aromatic carbocycles. The molecule has 1 heterocycles. The minimum atomic E-state index is -0.540. The van der Waals surface area contributed by atoms with Gasteiger partial charge in [0.15, 0.2) is 11.5 Å². The molecule has 0 bridgehead atoms. The van der Waals surface area contributed by atoms with Crippen LogP contribution in [0.25, 0.3) is 0 Å². The van der Waals surface area contributed by atoms with Gasteiger partial charge >= 0.3 is 5.97 Å². The van der Waals surface area contributed by atoms with Crippen LogP contribution < -0.4 is 29.4 Å². The van der Waals surface area contributed by atoms with E-state index in [9.17, 15) is 10.1 Å². The molecule has 0 spiro atoms. The molecule has 0 radical (unpaired) electrons. The lowest BCUT2D eigenvalue weighted by Crippen LogP contribution is -2.21. The number of carbonyl (C=O) groups excluding carboxylic acids is 1. The van der Waals surface area contributed by atoms with Crippen molar-refractivity contribution in [3.63, 3.8) is 0 Å². The van der Waals surface area contributed by atoms with Crippen LogP contribution in [-0.4, -0.2) is 26.3 Å². The zero-order valence-corrected chi connectivity index (χ0v) is 20.2. The minimum Gasteiger partial charge on any atom is -0.494 e. The summed E-state index contributed by atoms with van der Waals surface area (Å²) in [6.45, 7) is 4.73. The van der Waals surface area contributed by atoms with Gasteiger partial charge in [0.2, 0.25) is 5.88 Å². The molecule has 0 aliphatic carbocycles. The lowest BCUT2D eigenvalue weighted by molar-refractivity contribution is 0.0734. The van der Waals surface area contributed by atoms with E-state index >= 15 is 0 Å². The maximum absolute atomic E-state index is 12.7. The number of benzene rings is 3. The molecule has 184 valence electrons. The highest BCUT2D eigenvalue weighted by Crippen LogP contribution is 2.45. The quantitative estimate of drug-likeness (QED) is 0.352. The number of allylic oxidation sites excluding steroid dienone is 1. The second-order valence-corrected chi connectivity index (χ2v) is 7.82. The highest BCUT2D eigenvalue weighted by molar-refractivity contribution is 5.91. The number of nitrogens with two attached hydrogens (primary N) is 1. The Labute approximate surface area is 209 Å². The molecule has 1 atom stereocenters. The van der Waals surface area contributed by atoms with E-state index in [1.165, 1.54) is 0 Å². The van der Waals surface area contributed by atoms with Gasteiger partial charge in [0.05, 0.1) is 31.8 Å². The van der Waals surface area contributed by atoms with Crippen molar-refractivity contribution in [2.45, 2.75) is 19.8 Å². The van der Waals surface area contributed by atoms with Gasteiger partial charge in [-0.15, -0.1) is 0 Å². The Morgan fingerprint density at radius 2 is 1.81 bits per heavy atom. The molecule has 1 unspecified atom stereocenters. The number of carbonyl (C=O) groups is 1. The predicted molar refractivity (Wildman–Crippen MR) is 132 cm³/mol. The Balaban J connectivity index is 1.67. The number of nitrogens with zero attached hydrogens (tertiary/aromatic N) is 1. The van der Waals surface area contributed by atoms with Crippen LogP contribution in [0.5, 0.6) is 28.7 Å². The molecule has 8 nitrogen and oxygen atoms in total. The van der Waals surface area contributed by atoms with Gasteiger partial charge in [0.25, 0.3) is 0 Å². The third-order valence-electron chi connectivity index (χ3n) is 5.60. The number of nitriles is 1. The van der Waals surface area contributed by atoms with Gasteiger partial charge in [-0.2, -0.15) is 5.26 Å². The highest BCUT2D eigenvalue weighted by Gasteiger charge is 2.31. The van der Waals surface area contributed by atoms with Crippen LogP contribution in [0.15, 0.2) is 72.1 Å². The monoisotopic (exact) mass is 486 g/mol. The number of ether oxygens (including phenoxy) is 5. The fourth-order valence-electron chi connectivity index (χ4n) is 4.03. The first kappa shape index (κ1) is 24.5. The van der Waals surface area contributed by atoms with Crippen LogP contribution in [-0.2, 0) is 0 Å². The van der Waals surface area contributed by atoms with E-state index in [2.05, 4.69) is 6.07 Å². The number of methoxy groups -OCH3 is 1. The smallest absolute Gasteiger partial charge is 0.343 e. The Bertz CT molecular complexity index is 1360. The van der Waals surface area contributed by atoms with Gasteiger partial charge in [-0.1, -0.05) is 18.2 Å². The van der Waals surface area contributed by atoms with E-state index in [1.54, 1.807) is 55.6 Å². The van der Waals surface area contributed by atoms with E-state index in [0.717, 1.165) is 5.56 Å². The van der Waals surface area contributed by atoms with Crippen molar-refractivity contribution in [3.8, 4) is 34.8 Å². The van der Waals surface area contributed by atoms with E-state index in [-0.39, 0.29) is 17.2 Å². The summed E-state index contributed by atoms with van der Waals surface area (Å²) < 4.78 is 27.9. The lowest BCUT2D eigenvalue weighted by Gasteiger charge is -2.27. The number of hydrogen-bond acceptors (Lipinski definition) is 8. The zero-order valence-electron chi connectivity index (χ0n) is 20.2. The summed E-state index contributed by atoms with van der Waals surface area (Å²) in [6, 6.07) is 19.4. The van der Waals surface area contributed by atoms with Crippen LogP contribution >= 0.6 is 0 Å². The van der Waals surface area contributed by atoms with Crippen LogP contribution in [0.2, 0.25) is 0 Å². The molecule has 8 heteroatoms. The number of esters is 1. The summed E-state index contributed by atoms with van der Waals surface area (Å²) in [7, 11) is 1.56. The summed E-state index contributed by atoms with van der Waals surface area (Å²) >= 11 is 0. The SMILES string of the molecule is CCOc1cccc(C(=O)Oc2ccc3c(c2)OC(N)=C(C#N)C3c2ccc(OCC)c(OC)c2)c1. The summed E-state index contributed by atoms with van der Waals surface area (Å²) in [4.78, 5) is 12.7. The third kappa shape index (κ3) is 4.91. The predicted octanol–water partition coefficient (Wildman–Crippen LogP) is 4.93. The fraction of sp³-hybridized carbons (Fsp3) is 0.214. The van der Waals surface area contributed by atoms with Crippen molar-refractivity contribution in [2.24, 2.45) is 5.73 Å². The summed E-state index contributed by atoms with van der Waals surface area (Å²) in [5.41, 5.74) is 8.22. The molecule has 1 aliphatic heterocycles. The number of fused-ring (bicyclic) bond motifs is 1. The molecule has 2 N–H and O–H groups in total. The van der Waals surface area contributed by atoms with Crippen LogP contribution in [0.4, 0.5) is 0 Å². The summed E-state index contributed by atoms with van der Waals surface area (Å²) in [5, 5.41) is 9.84. The average molecular weight is 487 g/mol. The van der Waals surface area contributed by atoms with Gasteiger partial charge in [-0.05, 0) is 55.8 Å². The number of hydrogen-bond donors (Lipinski definition) is 1. The van der Waals surface area contributed by atoms with Gasteiger partial charge in [-0.3, -0.25) is 0 Å². The molecular weight excluding hydrogens is 460 g/mol. The van der Waals surface area contributed by atoms with E-state index in [4.69, 9.17) is 29.4 Å². The molecule has 0 amide bonds. The average Bonchev–Trinajstić information content (AvgIpc) is 2.88. The minimum absolute atomic E-state index is 0.0178. The topological polar surface area (TPSA) is 113 Å². The van der Waals surface area contributed by atoms with Gasteiger partial charge in [0.1, 0.15) is 28.9 Å². The Hall–Kier alpha value is -4.64. The summed E-state index contributed by atoms with van der Waals surface area (Å²) in [6.07, 6.45) is 0. The van der Waals surface area contributed by atoms with Crippen molar-refractivity contribution < 1.29 is 28.5 Å². The van der Waals surface area contributed by atoms with Gasteiger partial charge in [0, 0.05) is 11.6 Å². The van der Waals surface area contributed by atoms with Crippen molar-refractivity contribution >= 4 is 5.97 Å². The molecular formula is C28H26N2O6. The lowest BCUT2D eigenvalue weighted by atomic mass is 9.83. The molecule has 36 heavy (non-hydrogen) atoms. The Kier molecular flexibility index (Phi) is 7.31. The highest BCUT2D eigenvalue weighted by atomic mass is 16.5. The molecule has 0 aromatic heterocycles. The first-order chi connectivity index (χ1) is 17.5. The van der Waals surface area contributed by atoms with Crippen LogP contribution in [0.1, 0.15) is 41.3 Å². The van der Waals surface area contributed by atoms with Crippen LogP contribution in [0.3, 0.4) is 0 Å². The molecule has 0 saturated carbocycles. The van der Waals surface area contributed by atoms with Crippen LogP contribution in [0, 0.1) is 11.3 Å². The third-order valence-corrected chi connectivity index (χ3v) is 5.60. The van der Waals surface area contributed by atoms with Gasteiger partial charge in [-0.25, -0.2) is 4.79 Å². The van der Waals surface area contributed by atoms with Crippen molar-refractivity contribution in [3.05, 3.63) is 88.8 Å². The molecule has 4 rings (SSSR count). The van der Waals surface area contributed by atoms with E-state index in [0.29, 0.717) is 47.3 Å². The normalized spacial score (nSPS) is 14.2. The molecule has 1 aliphatic rings. The first-order valence-electron chi connectivity index (χ1n) is 11.5. The maximum Gasteiger partial charge on any atom is 0.343 e. The first-order valence-corrected chi connectivity index (χ1v) is 11.5. The van der Waals surface area contributed by atoms with Crippen molar-refractivity contribution in [2.75, 3.05) is 20.3 Å². The molecule has 0 fully saturated rings. The second kappa shape index (κ2) is 10.7. The van der Waals surface area contributed by atoms with E-state index in [1.807, 2.05) is 26.0 Å². The maximum atomic E-state index is 12.7. The number of rotatable bonds is 8. The largest absolute Gasteiger partial charge is 0.494 e. The fourth-order valence-corrected chi connectivity index (χ4v) is 4.03. The Morgan fingerprint density at radius 3 is 2.53 bits per heavy atom. The standard InChI is InChI=1S/C28H26N2O6/c1-4-33-19-8-6-7-18(13-19)28(31)35-20-10-11-21-24(15-20)36-27(30)22(16-29)26(21)17-9-12-23(34-5-2)25(14-17)32-3/h6-15,26H,4-5,30H2,1-3H3. The summed E-state index contributed by atoms with van der Waals surface area (Å²) in [5.74, 6) is 1.32. The van der Waals surface area contributed by atoms with E-state index < -0.39 is 11.9 Å². The zero-order chi connectivity index (χ0) is 25.7. The molecule has 3 aromatic rings. The van der Waals surface area contributed by atoms with Crippen molar-refractivity contribution in [1.29, 1.82) is 5.26 Å². The van der Waals surface area contributed by atoms with Gasteiger partial charge < -0.3 is 29.4 Å². The Morgan fingerprint density at radius 1 is 1.00 bits per heavy atom. The second-order valence-electron chi connectivity index (χ2n) is 7.82.